The molecule has 3 rings (SSSR count). The van der Waals surface area contributed by atoms with Gasteiger partial charge in [-0.05, 0) is 33.2 Å². The highest BCUT2D eigenvalue weighted by atomic mass is 16.4. The molecule has 2 nitrogen and oxygen atoms in total. The van der Waals surface area contributed by atoms with Crippen molar-refractivity contribution in [3.63, 3.8) is 0 Å². The Morgan fingerprint density at radius 1 is 0.815 bits per heavy atom. The van der Waals surface area contributed by atoms with E-state index < -0.39 is 5.97 Å². The topological polar surface area (TPSA) is 37.3 Å². The summed E-state index contributed by atoms with van der Waals surface area (Å²) in [4.78, 5) is 11.4. The molecular formula is C25H26O2. The minimum absolute atomic E-state index is 0.0862. The van der Waals surface area contributed by atoms with Gasteiger partial charge in [-0.25, -0.2) is 0 Å². The van der Waals surface area contributed by atoms with Crippen molar-refractivity contribution < 1.29 is 9.90 Å². The van der Waals surface area contributed by atoms with Crippen LogP contribution in [0.3, 0.4) is 0 Å². The minimum atomic E-state index is -0.786. The highest BCUT2D eigenvalue weighted by Gasteiger charge is 2.18. The molecule has 2 heteroatoms. The highest BCUT2D eigenvalue weighted by molar-refractivity contribution is 5.70. The molecule has 27 heavy (non-hydrogen) atoms. The van der Waals surface area contributed by atoms with Gasteiger partial charge in [0.05, 0.1) is 6.42 Å². The van der Waals surface area contributed by atoms with Crippen molar-refractivity contribution >= 4 is 5.97 Å². The zero-order valence-corrected chi connectivity index (χ0v) is 16.1. The maximum atomic E-state index is 11.4. The number of hydrogen-bond acceptors (Lipinski definition) is 1. The number of benzene rings is 3. The van der Waals surface area contributed by atoms with Crippen LogP contribution < -0.4 is 0 Å². The largest absolute Gasteiger partial charge is 0.481 e. The second-order valence-electron chi connectivity index (χ2n) is 8.01. The summed E-state index contributed by atoms with van der Waals surface area (Å²) in [5.74, 6) is -0.926. The summed E-state index contributed by atoms with van der Waals surface area (Å²) in [6, 6.07) is 26.8. The van der Waals surface area contributed by atoms with Crippen molar-refractivity contribution in [2.45, 2.75) is 38.5 Å². The van der Waals surface area contributed by atoms with Crippen molar-refractivity contribution in [1.82, 2.24) is 0 Å². The maximum absolute atomic E-state index is 11.4. The van der Waals surface area contributed by atoms with Gasteiger partial charge in [0.15, 0.2) is 0 Å². The summed E-state index contributed by atoms with van der Waals surface area (Å²) in [6.07, 6.45) is 0.0862. The summed E-state index contributed by atoms with van der Waals surface area (Å²) in [7, 11) is 0. The monoisotopic (exact) mass is 358 g/mol. The van der Waals surface area contributed by atoms with E-state index in [1.165, 1.54) is 11.1 Å². The second-order valence-corrected chi connectivity index (χ2v) is 8.01. The third-order valence-corrected chi connectivity index (χ3v) is 4.96. The van der Waals surface area contributed by atoms with Crippen LogP contribution in [-0.2, 0) is 10.2 Å². The van der Waals surface area contributed by atoms with Crippen molar-refractivity contribution in [2.24, 2.45) is 0 Å². The molecule has 1 unspecified atom stereocenters. The van der Waals surface area contributed by atoms with Gasteiger partial charge in [-0.15, -0.1) is 0 Å². The predicted octanol–water partition coefficient (Wildman–Crippen LogP) is 6.26. The Bertz CT molecular complexity index is 903. The lowest BCUT2D eigenvalue weighted by molar-refractivity contribution is -0.137. The van der Waals surface area contributed by atoms with Crippen LogP contribution in [0.15, 0.2) is 78.9 Å². The van der Waals surface area contributed by atoms with Crippen molar-refractivity contribution in [3.8, 4) is 11.1 Å². The number of rotatable bonds is 5. The van der Waals surface area contributed by atoms with Gasteiger partial charge in [0.1, 0.15) is 0 Å². The third-order valence-electron chi connectivity index (χ3n) is 4.96. The van der Waals surface area contributed by atoms with E-state index in [1.807, 2.05) is 30.3 Å². The molecular weight excluding hydrogens is 332 g/mol. The number of hydrogen-bond donors (Lipinski definition) is 1. The first-order chi connectivity index (χ1) is 12.8. The van der Waals surface area contributed by atoms with Gasteiger partial charge in [-0.3, -0.25) is 4.79 Å². The number of aliphatic carboxylic acids is 1. The van der Waals surface area contributed by atoms with Crippen LogP contribution in [0.1, 0.15) is 49.8 Å². The fourth-order valence-electron chi connectivity index (χ4n) is 3.36. The first kappa shape index (κ1) is 18.9. The van der Waals surface area contributed by atoms with Crippen LogP contribution in [0.5, 0.6) is 0 Å². The Morgan fingerprint density at radius 2 is 1.44 bits per heavy atom. The third kappa shape index (κ3) is 4.65. The van der Waals surface area contributed by atoms with Gasteiger partial charge in [0.25, 0.3) is 0 Å². The van der Waals surface area contributed by atoms with Gasteiger partial charge < -0.3 is 5.11 Å². The molecule has 0 saturated heterocycles. The predicted molar refractivity (Wildman–Crippen MR) is 111 cm³/mol. The van der Waals surface area contributed by atoms with Crippen molar-refractivity contribution in [1.29, 1.82) is 0 Å². The molecule has 0 amide bonds. The molecule has 0 bridgehead atoms. The first-order valence-corrected chi connectivity index (χ1v) is 9.32. The van der Waals surface area contributed by atoms with Crippen LogP contribution in [0.2, 0.25) is 0 Å². The Hall–Kier alpha value is -2.87. The average molecular weight is 358 g/mol. The van der Waals surface area contributed by atoms with E-state index in [0.717, 1.165) is 16.7 Å². The van der Waals surface area contributed by atoms with E-state index in [4.69, 9.17) is 0 Å². The van der Waals surface area contributed by atoms with E-state index in [0.29, 0.717) is 0 Å². The molecule has 1 atom stereocenters. The minimum Gasteiger partial charge on any atom is -0.481 e. The smallest absolute Gasteiger partial charge is 0.304 e. The van der Waals surface area contributed by atoms with E-state index in [2.05, 4.69) is 69.3 Å². The Morgan fingerprint density at radius 3 is 2.04 bits per heavy atom. The molecule has 0 aliphatic carbocycles. The van der Waals surface area contributed by atoms with E-state index >= 15 is 0 Å². The molecule has 0 fully saturated rings. The summed E-state index contributed by atoms with van der Waals surface area (Å²) in [6.45, 7) is 6.64. The normalized spacial score (nSPS) is 12.6. The molecule has 1 N–H and O–H groups in total. The van der Waals surface area contributed by atoms with Gasteiger partial charge in [-0.2, -0.15) is 0 Å². The van der Waals surface area contributed by atoms with Gasteiger partial charge in [0.2, 0.25) is 0 Å². The Labute approximate surface area is 161 Å². The molecule has 0 aliphatic heterocycles. The van der Waals surface area contributed by atoms with Crippen LogP contribution in [-0.4, -0.2) is 11.1 Å². The fourth-order valence-corrected chi connectivity index (χ4v) is 3.36. The quantitative estimate of drug-likeness (QED) is 0.584. The van der Waals surface area contributed by atoms with Crippen LogP contribution in [0, 0.1) is 0 Å². The molecule has 0 saturated carbocycles. The standard InChI is InChI=1S/C25H26O2/c1-25(2,3)22-11-7-10-21(16-22)18-12-14-20(15-13-18)23(17-24(26)27)19-8-5-4-6-9-19/h4-16,23H,17H2,1-3H3,(H,26,27). The number of carboxylic acid groups (broad SMARTS) is 1. The first-order valence-electron chi connectivity index (χ1n) is 9.32. The van der Waals surface area contributed by atoms with E-state index in [1.54, 1.807) is 0 Å². The lowest BCUT2D eigenvalue weighted by Gasteiger charge is -2.20. The second kappa shape index (κ2) is 7.79. The van der Waals surface area contributed by atoms with Crippen LogP contribution >= 0.6 is 0 Å². The molecule has 138 valence electrons. The SMILES string of the molecule is CC(C)(C)c1cccc(-c2ccc(C(CC(=O)O)c3ccccc3)cc2)c1. The summed E-state index contributed by atoms with van der Waals surface area (Å²) < 4.78 is 0. The fraction of sp³-hybridized carbons (Fsp3) is 0.240. The molecule has 0 aliphatic rings. The molecule has 0 heterocycles. The van der Waals surface area contributed by atoms with E-state index in [9.17, 15) is 9.90 Å². The molecule has 0 spiro atoms. The highest BCUT2D eigenvalue weighted by Crippen LogP contribution is 2.31. The summed E-state index contributed by atoms with van der Waals surface area (Å²) in [5.41, 5.74) is 5.80. The lowest BCUT2D eigenvalue weighted by atomic mass is 9.85. The Kier molecular flexibility index (Phi) is 5.46. The lowest BCUT2D eigenvalue weighted by Crippen LogP contribution is -2.10. The Balaban J connectivity index is 1.93. The van der Waals surface area contributed by atoms with Crippen LogP contribution in [0.4, 0.5) is 0 Å². The molecule has 0 radical (unpaired) electrons. The van der Waals surface area contributed by atoms with Crippen LogP contribution in [0.25, 0.3) is 11.1 Å². The average Bonchev–Trinajstić information content (AvgIpc) is 2.66. The summed E-state index contributed by atoms with van der Waals surface area (Å²) in [5, 5.41) is 9.35. The summed E-state index contributed by atoms with van der Waals surface area (Å²) >= 11 is 0. The van der Waals surface area contributed by atoms with Crippen molar-refractivity contribution in [2.75, 3.05) is 0 Å². The molecule has 3 aromatic rings. The zero-order valence-electron chi connectivity index (χ0n) is 16.1. The van der Waals surface area contributed by atoms with Crippen molar-refractivity contribution in [3.05, 3.63) is 95.6 Å². The molecule has 0 aromatic heterocycles. The number of carbonyl (C=O) groups is 1. The maximum Gasteiger partial charge on any atom is 0.304 e. The molecule has 3 aromatic carbocycles. The van der Waals surface area contributed by atoms with Gasteiger partial charge >= 0.3 is 5.97 Å². The van der Waals surface area contributed by atoms with Gasteiger partial charge in [0, 0.05) is 5.92 Å². The van der Waals surface area contributed by atoms with Gasteiger partial charge in [-0.1, -0.05) is 99.6 Å². The zero-order chi connectivity index (χ0) is 19.4. The van der Waals surface area contributed by atoms with E-state index in [-0.39, 0.29) is 17.8 Å². The number of carboxylic acids is 1.